The maximum Gasteiger partial charge on any atom is 0.410 e. The summed E-state index contributed by atoms with van der Waals surface area (Å²) in [5, 5.41) is 11.2. The molecule has 1 atom stereocenters. The molecule has 0 bridgehead atoms. The monoisotopic (exact) mass is 426 g/mol. The molecule has 1 aromatic carbocycles. The molecule has 1 heterocycles. The van der Waals surface area contributed by atoms with E-state index in [2.05, 4.69) is 15.9 Å². The first-order valence-corrected chi connectivity index (χ1v) is 9.31. The second kappa shape index (κ2) is 8.16. The number of likely N-dealkylation sites (tertiary alicyclic amines) is 1. The number of halogens is 1. The molecule has 1 aromatic rings. The van der Waals surface area contributed by atoms with Gasteiger partial charge in [0.1, 0.15) is 5.60 Å². The molecule has 0 unspecified atom stereocenters. The van der Waals surface area contributed by atoms with Crippen LogP contribution in [0.2, 0.25) is 0 Å². The van der Waals surface area contributed by atoms with Crippen LogP contribution in [0.1, 0.15) is 50.4 Å². The van der Waals surface area contributed by atoms with Crippen molar-refractivity contribution in [2.45, 2.75) is 45.6 Å². The first-order chi connectivity index (χ1) is 12.1. The fourth-order valence-electron chi connectivity index (χ4n) is 2.99. The summed E-state index contributed by atoms with van der Waals surface area (Å²) in [5.41, 5.74) is -0.672. The molecular weight excluding hydrogens is 404 g/mol. The van der Waals surface area contributed by atoms with Crippen LogP contribution in [0.5, 0.6) is 0 Å². The van der Waals surface area contributed by atoms with Crippen molar-refractivity contribution in [1.82, 2.24) is 4.90 Å². The van der Waals surface area contributed by atoms with E-state index in [0.717, 1.165) is 12.8 Å². The Balaban J connectivity index is 2.05. The van der Waals surface area contributed by atoms with Gasteiger partial charge in [-0.25, -0.2) is 4.79 Å². The minimum Gasteiger partial charge on any atom is -0.444 e. The summed E-state index contributed by atoms with van der Waals surface area (Å²) in [7, 11) is 0. The number of nitro groups is 1. The summed E-state index contributed by atoms with van der Waals surface area (Å²) < 4.78 is 5.94. The van der Waals surface area contributed by atoms with Crippen molar-refractivity contribution in [3.05, 3.63) is 38.3 Å². The number of carbonyl (C=O) groups is 2. The molecule has 0 saturated carbocycles. The van der Waals surface area contributed by atoms with Crippen LogP contribution in [0.3, 0.4) is 0 Å². The van der Waals surface area contributed by atoms with E-state index < -0.39 is 10.5 Å². The number of carbonyl (C=O) groups excluding carboxylic acids is 2. The van der Waals surface area contributed by atoms with Crippen LogP contribution >= 0.6 is 15.9 Å². The third-order valence-electron chi connectivity index (χ3n) is 4.10. The number of nitro benzene ring substituents is 1. The van der Waals surface area contributed by atoms with Gasteiger partial charge < -0.3 is 9.64 Å². The van der Waals surface area contributed by atoms with E-state index in [-0.39, 0.29) is 35.5 Å². The van der Waals surface area contributed by atoms with E-state index in [1.807, 2.05) is 20.8 Å². The van der Waals surface area contributed by atoms with Gasteiger partial charge in [-0.1, -0.05) is 15.9 Å². The van der Waals surface area contributed by atoms with Gasteiger partial charge in [0.25, 0.3) is 5.69 Å². The van der Waals surface area contributed by atoms with Crippen LogP contribution in [0.15, 0.2) is 22.7 Å². The summed E-state index contributed by atoms with van der Waals surface area (Å²) in [6.07, 6.45) is 1.36. The average Bonchev–Trinajstić information content (AvgIpc) is 2.53. The largest absolute Gasteiger partial charge is 0.444 e. The number of nitrogens with zero attached hydrogens (tertiary/aromatic N) is 2. The lowest BCUT2D eigenvalue weighted by Crippen LogP contribution is -2.43. The molecule has 142 valence electrons. The van der Waals surface area contributed by atoms with Gasteiger partial charge in [-0.05, 0) is 51.7 Å². The Morgan fingerprint density at radius 2 is 2.08 bits per heavy atom. The van der Waals surface area contributed by atoms with Gasteiger partial charge in [0, 0.05) is 30.0 Å². The third-order valence-corrected chi connectivity index (χ3v) is 4.59. The van der Waals surface area contributed by atoms with Gasteiger partial charge in [-0.15, -0.1) is 0 Å². The van der Waals surface area contributed by atoms with Crippen molar-refractivity contribution < 1.29 is 19.2 Å². The first-order valence-electron chi connectivity index (χ1n) is 8.52. The fraction of sp³-hybridized carbons (Fsp3) is 0.556. The molecule has 1 aliphatic heterocycles. The molecule has 0 radical (unpaired) electrons. The third kappa shape index (κ3) is 5.52. The molecule has 7 nitrogen and oxygen atoms in total. The van der Waals surface area contributed by atoms with Crippen molar-refractivity contribution in [2.75, 3.05) is 13.1 Å². The Morgan fingerprint density at radius 1 is 1.38 bits per heavy atom. The van der Waals surface area contributed by atoms with E-state index >= 15 is 0 Å². The van der Waals surface area contributed by atoms with Crippen molar-refractivity contribution in [1.29, 1.82) is 0 Å². The lowest BCUT2D eigenvalue weighted by molar-refractivity contribution is -0.385. The predicted octanol–water partition coefficient (Wildman–Crippen LogP) is 4.58. The van der Waals surface area contributed by atoms with Crippen LogP contribution in [0.25, 0.3) is 0 Å². The Morgan fingerprint density at radius 3 is 2.69 bits per heavy atom. The highest BCUT2D eigenvalue weighted by molar-refractivity contribution is 9.10. The van der Waals surface area contributed by atoms with E-state index in [9.17, 15) is 19.7 Å². The molecule has 0 aromatic heterocycles. The number of piperidine rings is 1. The molecule has 1 fully saturated rings. The molecule has 1 amide bonds. The number of rotatable bonds is 4. The maximum atomic E-state index is 12.6. The molecule has 0 aliphatic carbocycles. The average molecular weight is 427 g/mol. The topological polar surface area (TPSA) is 89.8 Å². The molecule has 26 heavy (non-hydrogen) atoms. The zero-order chi connectivity index (χ0) is 19.5. The molecule has 0 N–H and O–H groups in total. The summed E-state index contributed by atoms with van der Waals surface area (Å²) in [4.78, 5) is 37.1. The van der Waals surface area contributed by atoms with E-state index in [0.29, 0.717) is 17.6 Å². The SMILES string of the molecule is CC(C)(C)OC(=O)N1CCC[C@@H](CC(=O)c2ccc(Br)cc2[N+](=O)[O-])C1. The Hall–Kier alpha value is -1.96. The quantitative estimate of drug-likeness (QED) is 0.399. The van der Waals surface area contributed by atoms with Gasteiger partial charge in [0.15, 0.2) is 5.78 Å². The zero-order valence-electron chi connectivity index (χ0n) is 15.2. The number of hydrogen-bond donors (Lipinski definition) is 0. The second-order valence-corrected chi connectivity index (χ2v) is 8.40. The predicted molar refractivity (Wildman–Crippen MR) is 100 cm³/mol. The van der Waals surface area contributed by atoms with Gasteiger partial charge in [0.2, 0.25) is 0 Å². The lowest BCUT2D eigenvalue weighted by Gasteiger charge is -2.33. The van der Waals surface area contributed by atoms with Crippen molar-refractivity contribution >= 4 is 33.5 Å². The Bertz CT molecular complexity index is 714. The number of Topliss-reactive ketones (excluding diaryl/α,β-unsaturated/α-hetero) is 1. The minimum atomic E-state index is -0.572. The fourth-order valence-corrected chi connectivity index (χ4v) is 3.34. The maximum absolute atomic E-state index is 12.6. The van der Waals surface area contributed by atoms with Crippen LogP contribution in [-0.2, 0) is 4.74 Å². The Labute approximate surface area is 161 Å². The van der Waals surface area contributed by atoms with Crippen LogP contribution in [0.4, 0.5) is 10.5 Å². The summed E-state index contributed by atoms with van der Waals surface area (Å²) >= 11 is 3.19. The van der Waals surface area contributed by atoms with Gasteiger partial charge in [-0.2, -0.15) is 0 Å². The minimum absolute atomic E-state index is 0.0352. The Kier molecular flexibility index (Phi) is 6.39. The standard InChI is InChI=1S/C18H23BrN2O5/c1-18(2,3)26-17(23)20-8-4-5-12(11-20)9-16(22)14-7-6-13(19)10-15(14)21(24)25/h6-7,10,12H,4-5,8-9,11H2,1-3H3/t12-/m0/s1. The lowest BCUT2D eigenvalue weighted by atomic mass is 9.90. The normalized spacial score (nSPS) is 17.7. The molecule has 8 heteroatoms. The van der Waals surface area contributed by atoms with Crippen molar-refractivity contribution in [3.8, 4) is 0 Å². The number of benzene rings is 1. The summed E-state index contributed by atoms with van der Waals surface area (Å²) in [6, 6.07) is 4.42. The molecule has 0 spiro atoms. The van der Waals surface area contributed by atoms with E-state index in [4.69, 9.17) is 4.74 Å². The smallest absolute Gasteiger partial charge is 0.410 e. The van der Waals surface area contributed by atoms with Gasteiger partial charge in [0.05, 0.1) is 10.5 Å². The van der Waals surface area contributed by atoms with Crippen LogP contribution < -0.4 is 0 Å². The second-order valence-electron chi connectivity index (χ2n) is 7.48. The zero-order valence-corrected chi connectivity index (χ0v) is 16.7. The number of hydrogen-bond acceptors (Lipinski definition) is 5. The van der Waals surface area contributed by atoms with Crippen LogP contribution in [0, 0.1) is 16.0 Å². The molecular formula is C18H23BrN2O5. The molecule has 1 saturated heterocycles. The number of ketones is 1. The van der Waals surface area contributed by atoms with E-state index in [1.54, 1.807) is 11.0 Å². The molecule has 1 aliphatic rings. The first kappa shape index (κ1) is 20.4. The highest BCUT2D eigenvalue weighted by Crippen LogP contribution is 2.28. The highest BCUT2D eigenvalue weighted by Gasteiger charge is 2.30. The number of amides is 1. The van der Waals surface area contributed by atoms with Crippen LogP contribution in [-0.4, -0.2) is 40.4 Å². The summed E-state index contributed by atoms with van der Waals surface area (Å²) in [5.74, 6) is -0.313. The van der Waals surface area contributed by atoms with Crippen molar-refractivity contribution in [2.24, 2.45) is 5.92 Å². The van der Waals surface area contributed by atoms with Crippen molar-refractivity contribution in [3.63, 3.8) is 0 Å². The van der Waals surface area contributed by atoms with Gasteiger partial charge >= 0.3 is 6.09 Å². The van der Waals surface area contributed by atoms with E-state index in [1.165, 1.54) is 12.1 Å². The number of ether oxygens (including phenoxy) is 1. The summed E-state index contributed by atoms with van der Waals surface area (Å²) in [6.45, 7) is 6.44. The highest BCUT2D eigenvalue weighted by atomic mass is 79.9. The van der Waals surface area contributed by atoms with Gasteiger partial charge in [-0.3, -0.25) is 14.9 Å². The molecule has 2 rings (SSSR count).